The Hall–Kier alpha value is -0.610. The Labute approximate surface area is 134 Å². The molecule has 110 valence electrons. The lowest BCUT2D eigenvalue weighted by Gasteiger charge is -2.24. The molecule has 3 N–H and O–H groups in total. The normalized spacial score (nSPS) is 18.6. The summed E-state index contributed by atoms with van der Waals surface area (Å²) in [6.45, 7) is 5.65. The van der Waals surface area contributed by atoms with Crippen LogP contribution in [0.5, 0.6) is 0 Å². The number of quaternary nitrogens is 1. The van der Waals surface area contributed by atoms with Crippen molar-refractivity contribution < 1.29 is 4.90 Å². The number of benzene rings is 1. The largest absolute Gasteiger partial charge is 0.331 e. The van der Waals surface area contributed by atoms with Gasteiger partial charge in [-0.3, -0.25) is 5.43 Å². The highest BCUT2D eigenvalue weighted by molar-refractivity contribution is 6.41. The van der Waals surface area contributed by atoms with Crippen LogP contribution in [-0.2, 0) is 0 Å². The van der Waals surface area contributed by atoms with Crippen LogP contribution in [0.4, 0.5) is 5.69 Å². The van der Waals surface area contributed by atoms with E-state index >= 15 is 0 Å². The summed E-state index contributed by atoms with van der Waals surface area (Å²) in [5.41, 5.74) is 8.09. The predicted octanol–water partition coefficient (Wildman–Crippen LogP) is 3.15. The first kappa shape index (κ1) is 15.8. The Kier molecular flexibility index (Phi) is 5.85. The molecule has 2 rings (SSSR count). The van der Waals surface area contributed by atoms with Crippen LogP contribution in [-0.4, -0.2) is 19.6 Å². The lowest BCUT2D eigenvalue weighted by molar-refractivity contribution is -0.895. The number of anilines is 1. The maximum absolute atomic E-state index is 6.12. The van der Waals surface area contributed by atoms with Gasteiger partial charge in [-0.25, -0.2) is 0 Å². The molecular formula is C14H19Cl3N3+. The topological polar surface area (TPSA) is 28.5 Å². The van der Waals surface area contributed by atoms with E-state index in [0.717, 1.165) is 19.5 Å². The summed E-state index contributed by atoms with van der Waals surface area (Å²) in [6, 6.07) is 3.34. The molecule has 1 unspecified atom stereocenters. The minimum Gasteiger partial charge on any atom is -0.331 e. The van der Waals surface area contributed by atoms with Crippen LogP contribution >= 0.6 is 34.8 Å². The molecule has 0 spiro atoms. The maximum Gasteiger partial charge on any atom is 0.0978 e. The van der Waals surface area contributed by atoms with E-state index in [1.54, 1.807) is 17.0 Å². The Balaban J connectivity index is 1.93. The van der Waals surface area contributed by atoms with Crippen molar-refractivity contribution in [3.05, 3.63) is 39.0 Å². The minimum atomic E-state index is 0.504. The zero-order valence-corrected chi connectivity index (χ0v) is 13.7. The molecular weight excluding hydrogens is 317 g/mol. The first-order valence-electron chi connectivity index (χ1n) is 6.79. The second kappa shape index (κ2) is 7.41. The smallest absolute Gasteiger partial charge is 0.0978 e. The monoisotopic (exact) mass is 334 g/mol. The molecule has 0 aromatic heterocycles. The van der Waals surface area contributed by atoms with Crippen LogP contribution in [0.15, 0.2) is 23.9 Å². The van der Waals surface area contributed by atoms with Gasteiger partial charge in [0, 0.05) is 17.1 Å². The summed E-state index contributed by atoms with van der Waals surface area (Å²) in [7, 11) is 0. The number of halogens is 3. The Morgan fingerprint density at radius 2 is 1.85 bits per heavy atom. The second-order valence-corrected chi connectivity index (χ2v) is 6.18. The van der Waals surface area contributed by atoms with Crippen LogP contribution < -0.4 is 15.8 Å². The number of nitrogens with one attached hydrogen (secondary N) is 3. The molecule has 0 fully saturated rings. The SMILES string of the molecule is CCC[NH+]1CC=C(NNc2c(Cl)cc(Cl)cc2Cl)CC1. The molecule has 0 radical (unpaired) electrons. The predicted molar refractivity (Wildman–Crippen MR) is 86.8 cm³/mol. The number of hydrazine groups is 1. The molecule has 1 aromatic rings. The van der Waals surface area contributed by atoms with E-state index in [1.165, 1.54) is 18.7 Å². The van der Waals surface area contributed by atoms with Crippen LogP contribution in [0.25, 0.3) is 0 Å². The first-order chi connectivity index (χ1) is 9.60. The van der Waals surface area contributed by atoms with E-state index in [1.807, 2.05) is 0 Å². The van der Waals surface area contributed by atoms with Gasteiger partial charge in [-0.15, -0.1) is 0 Å². The van der Waals surface area contributed by atoms with Gasteiger partial charge in [0.1, 0.15) is 0 Å². The summed E-state index contributed by atoms with van der Waals surface area (Å²) in [5.74, 6) is 0. The van der Waals surface area contributed by atoms with Crippen molar-refractivity contribution in [1.29, 1.82) is 0 Å². The third kappa shape index (κ3) is 4.19. The summed E-state index contributed by atoms with van der Waals surface area (Å²) in [5, 5.41) is 1.54. The molecule has 1 aromatic carbocycles. The van der Waals surface area contributed by atoms with E-state index in [-0.39, 0.29) is 0 Å². The third-order valence-corrected chi connectivity index (χ3v) is 4.16. The van der Waals surface area contributed by atoms with Gasteiger partial charge < -0.3 is 10.3 Å². The fourth-order valence-electron chi connectivity index (χ4n) is 2.28. The molecule has 1 aliphatic rings. The molecule has 0 saturated heterocycles. The molecule has 0 aliphatic carbocycles. The number of hydrogen-bond donors (Lipinski definition) is 3. The van der Waals surface area contributed by atoms with Gasteiger partial charge in [0.25, 0.3) is 0 Å². The van der Waals surface area contributed by atoms with Gasteiger partial charge in [-0.05, 0) is 24.6 Å². The Morgan fingerprint density at radius 1 is 1.15 bits per heavy atom. The van der Waals surface area contributed by atoms with Gasteiger partial charge in [0.2, 0.25) is 0 Å². The van der Waals surface area contributed by atoms with Gasteiger partial charge in [0.15, 0.2) is 0 Å². The van der Waals surface area contributed by atoms with Crippen molar-refractivity contribution in [1.82, 2.24) is 5.43 Å². The van der Waals surface area contributed by atoms with Gasteiger partial charge in [0.05, 0.1) is 35.4 Å². The highest BCUT2D eigenvalue weighted by Crippen LogP contribution is 2.33. The fraction of sp³-hybridized carbons (Fsp3) is 0.429. The molecule has 6 heteroatoms. The van der Waals surface area contributed by atoms with Crippen LogP contribution in [0.2, 0.25) is 15.1 Å². The lowest BCUT2D eigenvalue weighted by atomic mass is 10.2. The molecule has 1 aliphatic heterocycles. The zero-order valence-electron chi connectivity index (χ0n) is 11.4. The average molecular weight is 336 g/mol. The van der Waals surface area contributed by atoms with Crippen molar-refractivity contribution in [2.75, 3.05) is 25.1 Å². The molecule has 1 heterocycles. The quantitative estimate of drug-likeness (QED) is 0.722. The summed E-state index contributed by atoms with van der Waals surface area (Å²) < 4.78 is 0. The van der Waals surface area contributed by atoms with Crippen molar-refractivity contribution in [2.24, 2.45) is 0 Å². The second-order valence-electron chi connectivity index (χ2n) is 4.93. The van der Waals surface area contributed by atoms with Crippen LogP contribution in [0.3, 0.4) is 0 Å². The fourth-order valence-corrected chi connectivity index (χ4v) is 3.19. The van der Waals surface area contributed by atoms with Gasteiger partial charge >= 0.3 is 0 Å². The Morgan fingerprint density at radius 3 is 2.40 bits per heavy atom. The number of hydrogen-bond acceptors (Lipinski definition) is 2. The standard InChI is InChI=1S/C14H18Cl3N3/c1-2-5-20-6-3-11(4-7-20)18-19-14-12(16)8-10(15)9-13(14)17/h3,8-9,18-19H,2,4-7H2,1H3/p+1. The van der Waals surface area contributed by atoms with E-state index in [9.17, 15) is 0 Å². The first-order valence-corrected chi connectivity index (χ1v) is 7.92. The zero-order chi connectivity index (χ0) is 14.5. The molecule has 1 atom stereocenters. The van der Waals surface area contributed by atoms with Gasteiger partial charge in [-0.2, -0.15) is 0 Å². The maximum atomic E-state index is 6.12. The summed E-state index contributed by atoms with van der Waals surface area (Å²) in [6.07, 6.45) is 4.46. The van der Waals surface area contributed by atoms with E-state index in [4.69, 9.17) is 34.8 Å². The lowest BCUT2D eigenvalue weighted by Crippen LogP contribution is -3.12. The average Bonchev–Trinajstić information content (AvgIpc) is 2.39. The van der Waals surface area contributed by atoms with Crippen molar-refractivity contribution in [2.45, 2.75) is 19.8 Å². The summed E-state index contributed by atoms with van der Waals surface area (Å²) in [4.78, 5) is 1.63. The molecule has 0 bridgehead atoms. The summed E-state index contributed by atoms with van der Waals surface area (Å²) >= 11 is 18.1. The van der Waals surface area contributed by atoms with Crippen molar-refractivity contribution in [3.63, 3.8) is 0 Å². The third-order valence-electron chi connectivity index (χ3n) is 3.34. The van der Waals surface area contributed by atoms with E-state index < -0.39 is 0 Å². The van der Waals surface area contributed by atoms with Gasteiger partial charge in [-0.1, -0.05) is 41.7 Å². The van der Waals surface area contributed by atoms with Crippen LogP contribution in [0, 0.1) is 0 Å². The van der Waals surface area contributed by atoms with Crippen molar-refractivity contribution in [3.8, 4) is 0 Å². The Bertz CT molecular complexity index is 479. The highest BCUT2D eigenvalue weighted by Gasteiger charge is 2.14. The van der Waals surface area contributed by atoms with Crippen LogP contribution in [0.1, 0.15) is 19.8 Å². The van der Waals surface area contributed by atoms with E-state index in [2.05, 4.69) is 23.9 Å². The molecule has 0 amide bonds. The molecule has 20 heavy (non-hydrogen) atoms. The molecule has 3 nitrogen and oxygen atoms in total. The molecule has 0 saturated carbocycles. The van der Waals surface area contributed by atoms with Crippen molar-refractivity contribution >= 4 is 40.5 Å². The highest BCUT2D eigenvalue weighted by atomic mass is 35.5. The van der Waals surface area contributed by atoms with E-state index in [0.29, 0.717) is 20.8 Å². The number of rotatable bonds is 5. The minimum absolute atomic E-state index is 0.504.